The van der Waals surface area contributed by atoms with E-state index in [9.17, 15) is 8.42 Å². The monoisotopic (exact) mass is 240 g/mol. The van der Waals surface area contributed by atoms with Crippen LogP contribution in [0.4, 0.5) is 5.69 Å². The van der Waals surface area contributed by atoms with E-state index >= 15 is 0 Å². The molecule has 0 radical (unpaired) electrons. The molecule has 0 saturated carbocycles. The Labute approximate surface area is 96.0 Å². The Kier molecular flexibility index (Phi) is 2.90. The van der Waals surface area contributed by atoms with Gasteiger partial charge in [-0.3, -0.25) is 0 Å². The second-order valence-electron chi connectivity index (χ2n) is 4.09. The van der Waals surface area contributed by atoms with Crippen LogP contribution in [0.15, 0.2) is 29.2 Å². The number of rotatable bonds is 2. The molecular formula is C11H16N2O2S. The zero-order valence-electron chi connectivity index (χ0n) is 9.26. The second kappa shape index (κ2) is 4.07. The van der Waals surface area contributed by atoms with E-state index in [0.29, 0.717) is 17.9 Å². The van der Waals surface area contributed by atoms with Crippen molar-refractivity contribution in [1.29, 1.82) is 0 Å². The van der Waals surface area contributed by atoms with Crippen LogP contribution in [0.3, 0.4) is 0 Å². The molecule has 0 bridgehead atoms. The van der Waals surface area contributed by atoms with Crippen molar-refractivity contribution >= 4 is 15.5 Å². The van der Waals surface area contributed by atoms with Gasteiger partial charge in [0, 0.05) is 13.1 Å². The van der Waals surface area contributed by atoms with Gasteiger partial charge in [0.2, 0.25) is 0 Å². The van der Waals surface area contributed by atoms with Gasteiger partial charge in [-0.05, 0) is 25.1 Å². The van der Waals surface area contributed by atoms with Gasteiger partial charge in [0.25, 0.3) is 0 Å². The van der Waals surface area contributed by atoms with Crippen molar-refractivity contribution < 1.29 is 8.42 Å². The molecule has 88 valence electrons. The Morgan fingerprint density at radius 3 is 2.81 bits per heavy atom. The topological polar surface area (TPSA) is 63.4 Å². The van der Waals surface area contributed by atoms with E-state index in [-0.39, 0.29) is 11.8 Å². The highest BCUT2D eigenvalue weighted by atomic mass is 32.2. The summed E-state index contributed by atoms with van der Waals surface area (Å²) in [4.78, 5) is 2.45. The van der Waals surface area contributed by atoms with Crippen molar-refractivity contribution in [2.75, 3.05) is 24.2 Å². The molecule has 16 heavy (non-hydrogen) atoms. The standard InChI is InChI=1S/C11H16N2O2S/c1-13-9(6-7-12)8-16(14,15)11-5-3-2-4-10(11)13/h2-5,9H,6-8,12H2,1H3. The van der Waals surface area contributed by atoms with Crippen molar-refractivity contribution in [2.24, 2.45) is 5.73 Å². The van der Waals surface area contributed by atoms with Crippen LogP contribution in [0.2, 0.25) is 0 Å². The van der Waals surface area contributed by atoms with Gasteiger partial charge in [-0.1, -0.05) is 12.1 Å². The number of hydrogen-bond acceptors (Lipinski definition) is 4. The van der Waals surface area contributed by atoms with Gasteiger partial charge in [0.05, 0.1) is 16.3 Å². The van der Waals surface area contributed by atoms with Gasteiger partial charge < -0.3 is 10.6 Å². The normalized spacial score (nSPS) is 22.9. The maximum Gasteiger partial charge on any atom is 0.182 e. The van der Waals surface area contributed by atoms with E-state index in [1.54, 1.807) is 12.1 Å². The molecule has 0 fully saturated rings. The first-order valence-electron chi connectivity index (χ1n) is 5.31. The summed E-state index contributed by atoms with van der Waals surface area (Å²) in [6.07, 6.45) is 0.698. The maximum absolute atomic E-state index is 12.0. The smallest absolute Gasteiger partial charge is 0.182 e. The van der Waals surface area contributed by atoms with Gasteiger partial charge in [0.1, 0.15) is 0 Å². The number of anilines is 1. The first kappa shape index (κ1) is 11.4. The molecule has 0 aromatic heterocycles. The van der Waals surface area contributed by atoms with Gasteiger partial charge in [0.15, 0.2) is 9.84 Å². The average molecular weight is 240 g/mol. The van der Waals surface area contributed by atoms with Crippen molar-refractivity contribution in [3.63, 3.8) is 0 Å². The molecule has 1 aliphatic rings. The number of para-hydroxylation sites is 1. The molecule has 1 aromatic carbocycles. The number of nitrogens with zero attached hydrogens (tertiary/aromatic N) is 1. The van der Waals surface area contributed by atoms with Crippen LogP contribution in [-0.2, 0) is 9.84 Å². The third-order valence-electron chi connectivity index (χ3n) is 3.04. The average Bonchev–Trinajstić information content (AvgIpc) is 2.26. The molecule has 0 amide bonds. The van der Waals surface area contributed by atoms with E-state index in [2.05, 4.69) is 0 Å². The van der Waals surface area contributed by atoms with Gasteiger partial charge in [-0.15, -0.1) is 0 Å². The first-order chi connectivity index (χ1) is 7.56. The predicted octanol–water partition coefficient (Wildman–Crippen LogP) is 0.628. The number of fused-ring (bicyclic) bond motifs is 1. The molecular weight excluding hydrogens is 224 g/mol. The number of hydrogen-bond donors (Lipinski definition) is 1. The molecule has 2 rings (SSSR count). The van der Waals surface area contributed by atoms with Crippen LogP contribution in [0, 0.1) is 0 Å². The van der Waals surface area contributed by atoms with Crippen LogP contribution in [0.1, 0.15) is 6.42 Å². The summed E-state index contributed by atoms with van der Waals surface area (Å²) < 4.78 is 24.1. The minimum atomic E-state index is -3.14. The quantitative estimate of drug-likeness (QED) is 0.823. The summed E-state index contributed by atoms with van der Waals surface area (Å²) in [5.41, 5.74) is 6.29. The largest absolute Gasteiger partial charge is 0.369 e. The fourth-order valence-electron chi connectivity index (χ4n) is 2.13. The summed E-state index contributed by atoms with van der Waals surface area (Å²) in [5.74, 6) is 0.164. The lowest BCUT2D eigenvalue weighted by Crippen LogP contribution is -2.43. The number of nitrogens with two attached hydrogens (primary N) is 1. The van der Waals surface area contributed by atoms with E-state index < -0.39 is 9.84 Å². The lowest BCUT2D eigenvalue weighted by atomic mass is 10.2. The van der Waals surface area contributed by atoms with Crippen molar-refractivity contribution in [3.8, 4) is 0 Å². The number of sulfone groups is 1. The molecule has 1 heterocycles. The van der Waals surface area contributed by atoms with Crippen LogP contribution in [0.25, 0.3) is 0 Å². The Morgan fingerprint density at radius 1 is 1.44 bits per heavy atom. The van der Waals surface area contributed by atoms with E-state index in [0.717, 1.165) is 5.69 Å². The zero-order valence-corrected chi connectivity index (χ0v) is 10.1. The fourth-order valence-corrected chi connectivity index (χ4v) is 4.03. The summed E-state index contributed by atoms with van der Waals surface area (Å²) in [5, 5.41) is 0. The Balaban J connectivity index is 2.49. The molecule has 1 aliphatic heterocycles. The van der Waals surface area contributed by atoms with Crippen LogP contribution < -0.4 is 10.6 Å². The van der Waals surface area contributed by atoms with E-state index in [1.807, 2.05) is 24.1 Å². The summed E-state index contributed by atoms with van der Waals surface area (Å²) in [7, 11) is -1.22. The molecule has 1 unspecified atom stereocenters. The molecule has 4 nitrogen and oxygen atoms in total. The highest BCUT2D eigenvalue weighted by Crippen LogP contribution is 2.32. The molecule has 0 spiro atoms. The Morgan fingerprint density at radius 2 is 2.12 bits per heavy atom. The van der Waals surface area contributed by atoms with Crippen molar-refractivity contribution in [3.05, 3.63) is 24.3 Å². The van der Waals surface area contributed by atoms with Gasteiger partial charge in [-0.25, -0.2) is 8.42 Å². The predicted molar refractivity (Wildman–Crippen MR) is 64.4 cm³/mol. The molecule has 5 heteroatoms. The molecule has 0 aliphatic carbocycles. The third kappa shape index (κ3) is 1.81. The van der Waals surface area contributed by atoms with E-state index in [1.165, 1.54) is 0 Å². The van der Waals surface area contributed by atoms with Crippen molar-refractivity contribution in [2.45, 2.75) is 17.4 Å². The van der Waals surface area contributed by atoms with Crippen LogP contribution in [0.5, 0.6) is 0 Å². The maximum atomic E-state index is 12.0. The van der Waals surface area contributed by atoms with Crippen LogP contribution in [-0.4, -0.2) is 33.8 Å². The van der Waals surface area contributed by atoms with E-state index in [4.69, 9.17) is 5.73 Å². The molecule has 1 aromatic rings. The molecule has 0 saturated heterocycles. The minimum absolute atomic E-state index is 0.00935. The lowest BCUT2D eigenvalue weighted by Gasteiger charge is -2.35. The summed E-state index contributed by atoms with van der Waals surface area (Å²) in [6, 6.07) is 7.11. The SMILES string of the molecule is CN1c2ccccc2S(=O)(=O)CC1CCN. The summed E-state index contributed by atoms with van der Waals surface area (Å²) in [6.45, 7) is 0.507. The highest BCUT2D eigenvalue weighted by Gasteiger charge is 2.32. The lowest BCUT2D eigenvalue weighted by molar-refractivity contribution is 0.560. The Hall–Kier alpha value is -1.07. The van der Waals surface area contributed by atoms with Gasteiger partial charge in [-0.2, -0.15) is 0 Å². The number of benzene rings is 1. The van der Waals surface area contributed by atoms with Crippen molar-refractivity contribution in [1.82, 2.24) is 0 Å². The summed E-state index contributed by atoms with van der Waals surface area (Å²) >= 11 is 0. The second-order valence-corrected chi connectivity index (χ2v) is 6.09. The fraction of sp³-hybridized carbons (Fsp3) is 0.455. The molecule has 2 N–H and O–H groups in total. The third-order valence-corrected chi connectivity index (χ3v) is 4.88. The highest BCUT2D eigenvalue weighted by molar-refractivity contribution is 7.91. The zero-order chi connectivity index (χ0) is 11.8. The molecule has 1 atom stereocenters. The van der Waals surface area contributed by atoms with Crippen LogP contribution >= 0.6 is 0 Å². The Bertz CT molecular complexity index is 485. The minimum Gasteiger partial charge on any atom is -0.369 e. The van der Waals surface area contributed by atoms with Gasteiger partial charge >= 0.3 is 0 Å². The first-order valence-corrected chi connectivity index (χ1v) is 6.96.